The molecule has 0 aliphatic heterocycles. The lowest BCUT2D eigenvalue weighted by molar-refractivity contribution is -0.139. The minimum absolute atomic E-state index is 0.00761. The molecule has 3 amide bonds. The number of hydrogen-bond donors (Lipinski definition) is 3. The van der Waals surface area contributed by atoms with E-state index in [9.17, 15) is 14.4 Å². The summed E-state index contributed by atoms with van der Waals surface area (Å²) in [5, 5.41) is 11.3. The van der Waals surface area contributed by atoms with Crippen LogP contribution in [0.4, 0.5) is 4.79 Å². The Labute approximate surface area is 105 Å². The van der Waals surface area contributed by atoms with E-state index in [2.05, 4.69) is 5.32 Å². The van der Waals surface area contributed by atoms with Crippen molar-refractivity contribution in [1.29, 1.82) is 0 Å². The van der Waals surface area contributed by atoms with E-state index in [1.807, 2.05) is 0 Å². The van der Waals surface area contributed by atoms with Crippen molar-refractivity contribution in [3.05, 3.63) is 0 Å². The third-order valence-corrected chi connectivity index (χ3v) is 2.85. The van der Waals surface area contributed by atoms with Crippen LogP contribution in [-0.2, 0) is 9.59 Å². The molecule has 18 heavy (non-hydrogen) atoms. The van der Waals surface area contributed by atoms with Crippen LogP contribution in [0.3, 0.4) is 0 Å². The van der Waals surface area contributed by atoms with Gasteiger partial charge in [0.2, 0.25) is 5.91 Å². The monoisotopic (exact) mass is 257 g/mol. The Morgan fingerprint density at radius 3 is 2.50 bits per heavy atom. The van der Waals surface area contributed by atoms with Crippen LogP contribution in [0.1, 0.15) is 25.7 Å². The molecule has 1 saturated carbocycles. The third-order valence-electron chi connectivity index (χ3n) is 2.85. The summed E-state index contributed by atoms with van der Waals surface area (Å²) < 4.78 is 0. The Balaban J connectivity index is 2.40. The molecular formula is C11H19N3O4. The van der Waals surface area contributed by atoms with E-state index in [1.54, 1.807) is 7.05 Å². The van der Waals surface area contributed by atoms with Gasteiger partial charge in [0.1, 0.15) is 6.04 Å². The van der Waals surface area contributed by atoms with Gasteiger partial charge < -0.3 is 21.1 Å². The molecule has 0 aromatic heterocycles. The highest BCUT2D eigenvalue weighted by atomic mass is 16.4. The van der Waals surface area contributed by atoms with Crippen molar-refractivity contribution in [3.8, 4) is 0 Å². The lowest BCUT2D eigenvalue weighted by Crippen LogP contribution is -2.47. The number of nitrogens with two attached hydrogens (primary N) is 1. The zero-order valence-electron chi connectivity index (χ0n) is 10.4. The van der Waals surface area contributed by atoms with E-state index < -0.39 is 23.9 Å². The molecule has 0 bridgehead atoms. The standard InChI is InChI=1S/C11H19N3O4/c1-14(6-7-2-3-7)11(18)13-8(10(16)17)4-5-9(12)15/h7-8H,2-6H2,1H3,(H2,12,15)(H,13,18)(H,16,17)/t8-/m1/s1. The molecule has 0 aromatic carbocycles. The van der Waals surface area contributed by atoms with Crippen molar-refractivity contribution >= 4 is 17.9 Å². The number of nitrogens with one attached hydrogen (secondary N) is 1. The number of nitrogens with zero attached hydrogens (tertiary/aromatic N) is 1. The molecule has 0 spiro atoms. The number of primary amides is 1. The second kappa shape index (κ2) is 6.23. The molecule has 1 aliphatic carbocycles. The van der Waals surface area contributed by atoms with Gasteiger partial charge in [0.05, 0.1) is 0 Å². The van der Waals surface area contributed by atoms with Gasteiger partial charge in [0, 0.05) is 20.0 Å². The molecule has 4 N–H and O–H groups in total. The van der Waals surface area contributed by atoms with Crippen molar-refractivity contribution < 1.29 is 19.5 Å². The molecule has 0 unspecified atom stereocenters. The van der Waals surface area contributed by atoms with Gasteiger partial charge in [-0.3, -0.25) is 4.79 Å². The molecule has 1 rings (SSSR count). The van der Waals surface area contributed by atoms with Gasteiger partial charge in [-0.2, -0.15) is 0 Å². The highest BCUT2D eigenvalue weighted by molar-refractivity contribution is 5.83. The van der Waals surface area contributed by atoms with Crippen LogP contribution in [0.2, 0.25) is 0 Å². The number of carboxylic acids is 1. The Hall–Kier alpha value is -1.79. The fourth-order valence-electron chi connectivity index (χ4n) is 1.57. The predicted molar refractivity (Wildman–Crippen MR) is 63.7 cm³/mol. The molecule has 7 nitrogen and oxygen atoms in total. The summed E-state index contributed by atoms with van der Waals surface area (Å²) in [6.45, 7) is 0.633. The average molecular weight is 257 g/mol. The molecule has 1 atom stereocenters. The SMILES string of the molecule is CN(CC1CC1)C(=O)N[C@H](CCC(N)=O)C(=O)O. The van der Waals surface area contributed by atoms with Gasteiger partial charge in [-0.1, -0.05) is 0 Å². The maximum atomic E-state index is 11.7. The third kappa shape index (κ3) is 5.03. The summed E-state index contributed by atoms with van der Waals surface area (Å²) in [7, 11) is 1.63. The fourth-order valence-corrected chi connectivity index (χ4v) is 1.57. The molecule has 7 heteroatoms. The summed E-state index contributed by atoms with van der Waals surface area (Å²) in [6, 6.07) is -1.51. The summed E-state index contributed by atoms with van der Waals surface area (Å²) >= 11 is 0. The highest BCUT2D eigenvalue weighted by Crippen LogP contribution is 2.29. The van der Waals surface area contributed by atoms with Crippen molar-refractivity contribution in [2.45, 2.75) is 31.7 Å². The second-order valence-electron chi connectivity index (χ2n) is 4.67. The Kier molecular flexibility index (Phi) is 4.94. The van der Waals surface area contributed by atoms with Crippen molar-refractivity contribution in [2.24, 2.45) is 11.7 Å². The van der Waals surface area contributed by atoms with Crippen LogP contribution in [0.5, 0.6) is 0 Å². The number of carbonyl (C=O) groups is 3. The van der Waals surface area contributed by atoms with E-state index in [0.29, 0.717) is 12.5 Å². The number of urea groups is 1. The molecular weight excluding hydrogens is 238 g/mol. The number of rotatable bonds is 7. The molecule has 0 radical (unpaired) electrons. The number of carboxylic acid groups (broad SMARTS) is 1. The number of hydrogen-bond acceptors (Lipinski definition) is 3. The lowest BCUT2D eigenvalue weighted by Gasteiger charge is -2.21. The summed E-state index contributed by atoms with van der Waals surface area (Å²) in [6.07, 6.45) is 2.17. The Morgan fingerprint density at radius 2 is 2.06 bits per heavy atom. The van der Waals surface area contributed by atoms with Crippen molar-refractivity contribution in [1.82, 2.24) is 10.2 Å². The summed E-state index contributed by atoms with van der Waals surface area (Å²) in [5.41, 5.74) is 4.95. The second-order valence-corrected chi connectivity index (χ2v) is 4.67. The summed E-state index contributed by atoms with van der Waals surface area (Å²) in [4.78, 5) is 34.7. The topological polar surface area (TPSA) is 113 Å². The predicted octanol–water partition coefficient (Wildman–Crippen LogP) is -0.243. The van der Waals surface area contributed by atoms with Crippen LogP contribution in [-0.4, -0.2) is 47.5 Å². The molecule has 1 aliphatic rings. The quantitative estimate of drug-likeness (QED) is 0.584. The van der Waals surface area contributed by atoms with E-state index in [0.717, 1.165) is 12.8 Å². The van der Waals surface area contributed by atoms with E-state index >= 15 is 0 Å². The first kappa shape index (κ1) is 14.3. The normalized spacial score (nSPS) is 15.8. The van der Waals surface area contributed by atoms with Gasteiger partial charge in [-0.15, -0.1) is 0 Å². The summed E-state index contributed by atoms with van der Waals surface area (Å²) in [5.74, 6) is -1.21. The van der Waals surface area contributed by atoms with Crippen molar-refractivity contribution in [3.63, 3.8) is 0 Å². The van der Waals surface area contributed by atoms with Crippen LogP contribution in [0, 0.1) is 5.92 Å². The molecule has 0 saturated heterocycles. The van der Waals surface area contributed by atoms with E-state index in [-0.39, 0.29) is 12.8 Å². The minimum atomic E-state index is -1.16. The molecule has 0 heterocycles. The number of carbonyl (C=O) groups excluding carboxylic acids is 2. The first-order valence-electron chi connectivity index (χ1n) is 5.93. The zero-order valence-corrected chi connectivity index (χ0v) is 10.4. The van der Waals surface area contributed by atoms with Gasteiger partial charge in [0.15, 0.2) is 0 Å². The van der Waals surface area contributed by atoms with Crippen LogP contribution >= 0.6 is 0 Å². The van der Waals surface area contributed by atoms with Gasteiger partial charge in [0.25, 0.3) is 0 Å². The lowest BCUT2D eigenvalue weighted by atomic mass is 10.1. The fraction of sp³-hybridized carbons (Fsp3) is 0.727. The maximum absolute atomic E-state index is 11.7. The first-order chi connectivity index (χ1) is 8.40. The van der Waals surface area contributed by atoms with Crippen LogP contribution < -0.4 is 11.1 Å². The van der Waals surface area contributed by atoms with Crippen LogP contribution in [0.15, 0.2) is 0 Å². The number of aliphatic carboxylic acids is 1. The van der Waals surface area contributed by atoms with E-state index in [1.165, 1.54) is 4.90 Å². The average Bonchev–Trinajstić information content (AvgIpc) is 3.06. The van der Waals surface area contributed by atoms with Crippen LogP contribution in [0.25, 0.3) is 0 Å². The Morgan fingerprint density at radius 1 is 1.44 bits per heavy atom. The Bertz CT molecular complexity index is 341. The highest BCUT2D eigenvalue weighted by Gasteiger charge is 2.27. The zero-order chi connectivity index (χ0) is 13.7. The minimum Gasteiger partial charge on any atom is -0.480 e. The van der Waals surface area contributed by atoms with Gasteiger partial charge >= 0.3 is 12.0 Å². The number of amides is 3. The molecule has 102 valence electrons. The van der Waals surface area contributed by atoms with Crippen molar-refractivity contribution in [2.75, 3.05) is 13.6 Å². The van der Waals surface area contributed by atoms with Gasteiger partial charge in [-0.25, -0.2) is 9.59 Å². The van der Waals surface area contributed by atoms with E-state index in [4.69, 9.17) is 10.8 Å². The largest absolute Gasteiger partial charge is 0.480 e. The maximum Gasteiger partial charge on any atom is 0.326 e. The molecule has 1 fully saturated rings. The molecule has 0 aromatic rings. The first-order valence-corrected chi connectivity index (χ1v) is 5.93. The smallest absolute Gasteiger partial charge is 0.326 e. The van der Waals surface area contributed by atoms with Gasteiger partial charge in [-0.05, 0) is 25.2 Å².